The monoisotopic (exact) mass is 821 g/mol. The first-order chi connectivity index (χ1) is 31.2. The van der Waals surface area contributed by atoms with Gasteiger partial charge in [0.15, 0.2) is 0 Å². The minimum Gasteiger partial charge on any atom is -0.507 e. The highest BCUT2D eigenvalue weighted by molar-refractivity contribution is 5.97. The molecule has 8 rings (SSSR count). The summed E-state index contributed by atoms with van der Waals surface area (Å²) in [7, 11) is 0. The summed E-state index contributed by atoms with van der Waals surface area (Å²) >= 11 is 0. The molecule has 314 valence electrons. The number of aromatic hydroxyl groups is 1. The third-order valence-electron chi connectivity index (χ3n) is 11.9. The van der Waals surface area contributed by atoms with E-state index in [1.807, 2.05) is 124 Å². The summed E-state index contributed by atoms with van der Waals surface area (Å²) in [5.41, 5.74) is 13.1. The first-order valence-electron chi connectivity index (χ1n) is 24.0. The molecule has 0 fully saturated rings. The van der Waals surface area contributed by atoms with Crippen LogP contribution in [0, 0.1) is 13.8 Å². The van der Waals surface area contributed by atoms with Crippen LogP contribution in [0.5, 0.6) is 5.75 Å². The minimum absolute atomic E-state index is 0.0880. The molecule has 4 nitrogen and oxygen atoms in total. The van der Waals surface area contributed by atoms with E-state index in [1.165, 1.54) is 0 Å². The highest BCUT2D eigenvalue weighted by atomic mass is 16.3. The molecule has 62 heavy (non-hydrogen) atoms. The number of benzene rings is 6. The summed E-state index contributed by atoms with van der Waals surface area (Å²) in [6.07, 6.45) is 1.85. The number of pyridine rings is 1. The Hall–Kier alpha value is -6.26. The van der Waals surface area contributed by atoms with E-state index >= 15 is 0 Å². The number of aryl methyl sites for hydroxylation is 2. The molecule has 0 radical (unpaired) electrons. The summed E-state index contributed by atoms with van der Waals surface area (Å²) < 4.78 is 46.9. The third kappa shape index (κ3) is 8.23. The Morgan fingerprint density at radius 3 is 1.97 bits per heavy atom. The van der Waals surface area contributed by atoms with E-state index in [0.29, 0.717) is 33.7 Å². The van der Waals surface area contributed by atoms with Gasteiger partial charge in [0, 0.05) is 29.7 Å². The maximum Gasteiger partial charge on any atom is 0.149 e. The van der Waals surface area contributed by atoms with Crippen LogP contribution in [0.25, 0.3) is 72.7 Å². The normalized spacial score (nSPS) is 14.0. The van der Waals surface area contributed by atoms with Crippen LogP contribution in [0.2, 0.25) is 0 Å². The molecular formula is C58H61N3O. The lowest BCUT2D eigenvalue weighted by Gasteiger charge is -2.23. The van der Waals surface area contributed by atoms with Crippen LogP contribution in [0.1, 0.15) is 121 Å². The Kier molecular flexibility index (Phi) is 9.52. The average Bonchev–Trinajstić information content (AvgIpc) is 3.65. The van der Waals surface area contributed by atoms with Gasteiger partial charge in [-0.1, -0.05) is 148 Å². The third-order valence-corrected chi connectivity index (χ3v) is 11.9. The van der Waals surface area contributed by atoms with E-state index in [2.05, 4.69) is 84.0 Å². The molecule has 8 aromatic rings. The molecule has 2 heterocycles. The van der Waals surface area contributed by atoms with E-state index in [0.717, 1.165) is 66.9 Å². The van der Waals surface area contributed by atoms with Crippen molar-refractivity contribution < 1.29 is 12.0 Å². The lowest BCUT2D eigenvalue weighted by atomic mass is 9.83. The summed E-state index contributed by atoms with van der Waals surface area (Å²) in [6.45, 7) is 19.5. The molecular weight excluding hydrogens is 755 g/mol. The lowest BCUT2D eigenvalue weighted by Crippen LogP contribution is -2.12. The zero-order valence-corrected chi connectivity index (χ0v) is 38.0. The molecule has 0 atom stereocenters. The van der Waals surface area contributed by atoms with Crippen molar-refractivity contribution >= 4 is 11.0 Å². The first kappa shape index (κ1) is 36.4. The smallest absolute Gasteiger partial charge is 0.149 e. The average molecular weight is 821 g/mol. The Labute approximate surface area is 376 Å². The van der Waals surface area contributed by atoms with E-state index in [1.54, 1.807) is 6.07 Å². The van der Waals surface area contributed by atoms with Crippen molar-refractivity contribution in [3.05, 3.63) is 167 Å². The van der Waals surface area contributed by atoms with Crippen molar-refractivity contribution in [2.75, 3.05) is 0 Å². The van der Waals surface area contributed by atoms with Crippen molar-refractivity contribution in [2.24, 2.45) is 0 Å². The fourth-order valence-electron chi connectivity index (χ4n) is 8.32. The van der Waals surface area contributed by atoms with Crippen LogP contribution in [0.3, 0.4) is 0 Å². The molecule has 0 unspecified atom stereocenters. The Morgan fingerprint density at radius 1 is 0.613 bits per heavy atom. The fourth-order valence-corrected chi connectivity index (χ4v) is 8.32. The highest BCUT2D eigenvalue weighted by Crippen LogP contribution is 2.44. The van der Waals surface area contributed by atoms with Crippen LogP contribution in [-0.2, 0) is 10.8 Å². The van der Waals surface area contributed by atoms with Gasteiger partial charge in [-0.05, 0) is 141 Å². The minimum atomic E-state index is -2.58. The van der Waals surface area contributed by atoms with Gasteiger partial charge in [-0.3, -0.25) is 9.55 Å². The number of rotatable bonds is 8. The van der Waals surface area contributed by atoms with Gasteiger partial charge in [-0.15, -0.1) is 0 Å². The number of nitrogens with zero attached hydrogens (tertiary/aromatic N) is 3. The number of aromatic nitrogens is 3. The quantitative estimate of drug-likeness (QED) is 0.166. The maximum absolute atomic E-state index is 12.3. The topological polar surface area (TPSA) is 50.9 Å². The molecule has 1 N–H and O–H groups in total. The van der Waals surface area contributed by atoms with Crippen molar-refractivity contribution in [3.63, 3.8) is 0 Å². The van der Waals surface area contributed by atoms with Crippen LogP contribution in [0.15, 0.2) is 134 Å². The number of imidazole rings is 1. The predicted octanol–water partition coefficient (Wildman–Crippen LogP) is 15.9. The van der Waals surface area contributed by atoms with Crippen molar-refractivity contribution in [3.8, 4) is 67.5 Å². The zero-order valence-electron chi connectivity index (χ0n) is 43.0. The molecule has 4 heteroatoms. The molecule has 0 aliphatic rings. The SMILES string of the molecule is [2H]C([2H])([2H])c1cc(-c2cc(C([2H])(C)C)cc(C([2H])(C)C)c2)ccc1-n1c(-c2cc(C)cc(C(C)(C)C)c2O)nc2c(-c3cc(-c4cc(-c5ccccc5)ccn4)cc(C(C)(C)C)c3)cccc21. The van der Waals surface area contributed by atoms with Crippen LogP contribution in [-0.4, -0.2) is 19.6 Å². The van der Waals surface area contributed by atoms with Gasteiger partial charge in [-0.2, -0.15) is 0 Å². The molecule has 0 aliphatic heterocycles. The summed E-state index contributed by atoms with van der Waals surface area (Å²) in [6, 6.07) is 42.1. The van der Waals surface area contributed by atoms with Crippen LogP contribution in [0.4, 0.5) is 0 Å². The van der Waals surface area contributed by atoms with Crippen LogP contribution >= 0.6 is 0 Å². The summed E-state index contributed by atoms with van der Waals surface area (Å²) in [5, 5.41) is 12.3. The first-order valence-corrected chi connectivity index (χ1v) is 21.5. The standard InChI is InChI=1S/C58H61N3O/c1-35(2)42-28-43(36(3)4)30-44(29-42)40-21-22-52(38(6)27-40)61-53-20-16-19-48(54(53)60-56(61)49-25-37(5)26-50(55(49)62)58(10,11)12)45-31-46(33-47(32-45)57(7,8)9)51-34-41(23-24-59-51)39-17-14-13-15-18-39/h13-36,62H,1-12H3/i6D3,35D,36D. The van der Waals surface area contributed by atoms with Crippen molar-refractivity contribution in [1.29, 1.82) is 0 Å². The lowest BCUT2D eigenvalue weighted by molar-refractivity contribution is 0.448. The second-order valence-electron chi connectivity index (χ2n) is 19.3. The van der Waals surface area contributed by atoms with Crippen molar-refractivity contribution in [2.45, 2.75) is 106 Å². The van der Waals surface area contributed by atoms with Crippen molar-refractivity contribution in [1.82, 2.24) is 14.5 Å². The molecule has 2 aromatic heterocycles. The molecule has 0 saturated heterocycles. The number of hydrogen-bond donors (Lipinski definition) is 1. The number of phenolic OH excluding ortho intramolecular Hbond substituents is 1. The number of hydrogen-bond acceptors (Lipinski definition) is 3. The Balaban J connectivity index is 1.43. The summed E-state index contributed by atoms with van der Waals surface area (Å²) in [5.74, 6) is -1.41. The predicted molar refractivity (Wildman–Crippen MR) is 263 cm³/mol. The number of fused-ring (bicyclic) bond motifs is 1. The summed E-state index contributed by atoms with van der Waals surface area (Å²) in [4.78, 5) is 10.3. The van der Waals surface area contributed by atoms with Gasteiger partial charge in [0.25, 0.3) is 0 Å². The zero-order chi connectivity index (χ0) is 48.6. The molecule has 0 saturated carbocycles. The highest BCUT2D eigenvalue weighted by Gasteiger charge is 2.27. The van der Waals surface area contributed by atoms with E-state index in [9.17, 15) is 5.11 Å². The maximum atomic E-state index is 12.3. The fraction of sp³-hybridized carbons (Fsp3) is 0.276. The number of phenols is 1. The van der Waals surface area contributed by atoms with E-state index < -0.39 is 24.1 Å². The van der Waals surface area contributed by atoms with Gasteiger partial charge in [0.1, 0.15) is 11.6 Å². The second kappa shape index (κ2) is 16.2. The second-order valence-corrected chi connectivity index (χ2v) is 19.3. The molecule has 0 bridgehead atoms. The molecule has 6 aromatic carbocycles. The largest absolute Gasteiger partial charge is 0.507 e. The van der Waals surface area contributed by atoms with Gasteiger partial charge in [0.05, 0.1) is 28.0 Å². The van der Waals surface area contributed by atoms with Gasteiger partial charge < -0.3 is 5.11 Å². The van der Waals surface area contributed by atoms with Gasteiger partial charge in [-0.25, -0.2) is 4.98 Å². The molecule has 0 aliphatic carbocycles. The molecule has 0 amide bonds. The van der Waals surface area contributed by atoms with Gasteiger partial charge in [0.2, 0.25) is 0 Å². The van der Waals surface area contributed by atoms with Gasteiger partial charge >= 0.3 is 0 Å². The number of para-hydroxylation sites is 1. The van der Waals surface area contributed by atoms with E-state index in [-0.39, 0.29) is 16.7 Å². The van der Waals surface area contributed by atoms with Crippen LogP contribution < -0.4 is 0 Å². The molecule has 0 spiro atoms. The Bertz CT molecular complexity index is 3140. The Morgan fingerprint density at radius 2 is 1.31 bits per heavy atom. The van der Waals surface area contributed by atoms with E-state index in [4.69, 9.17) is 16.8 Å².